The third-order valence-corrected chi connectivity index (χ3v) is 5.52. The third-order valence-electron chi connectivity index (χ3n) is 4.24. The fourth-order valence-electron chi connectivity index (χ4n) is 2.79. The fraction of sp³-hybridized carbons (Fsp3) is 0.333. The number of fused-ring (bicyclic) bond motifs is 1. The molecule has 0 saturated carbocycles. The first-order valence-electron chi connectivity index (χ1n) is 9.04. The maximum atomic E-state index is 12.4. The predicted octanol–water partition coefficient (Wildman–Crippen LogP) is 3.73. The van der Waals surface area contributed by atoms with Gasteiger partial charge < -0.3 is 15.4 Å². The summed E-state index contributed by atoms with van der Waals surface area (Å²) in [5, 5.41) is 5.38. The molecule has 6 heteroatoms. The van der Waals surface area contributed by atoms with Crippen LogP contribution in [0.2, 0.25) is 0 Å². The van der Waals surface area contributed by atoms with Crippen molar-refractivity contribution in [2.45, 2.75) is 49.7 Å². The smallest absolute Gasteiger partial charge is 0.238 e. The maximum absolute atomic E-state index is 12.4. The van der Waals surface area contributed by atoms with Gasteiger partial charge in [0.15, 0.2) is 0 Å². The van der Waals surface area contributed by atoms with Crippen molar-refractivity contribution in [2.24, 2.45) is 0 Å². The number of carbonyl (C=O) groups excluding carboxylic acids is 2. The summed E-state index contributed by atoms with van der Waals surface area (Å²) in [6.07, 6.45) is 0.299. The number of para-hydroxylation sites is 1. The van der Waals surface area contributed by atoms with E-state index in [0.29, 0.717) is 13.2 Å². The maximum Gasteiger partial charge on any atom is 0.238 e. The molecule has 0 saturated heterocycles. The second-order valence-corrected chi connectivity index (χ2v) is 7.95. The Balaban J connectivity index is 1.55. The summed E-state index contributed by atoms with van der Waals surface area (Å²) in [5.74, 6) is -0.263. The number of benzene rings is 2. The van der Waals surface area contributed by atoms with Crippen LogP contribution >= 0.6 is 11.8 Å². The molecule has 3 rings (SSSR count). The molecule has 1 atom stereocenters. The number of carbonyl (C=O) groups is 2. The fourth-order valence-corrected chi connectivity index (χ4v) is 3.90. The first-order valence-corrected chi connectivity index (χ1v) is 9.92. The van der Waals surface area contributed by atoms with Gasteiger partial charge in [0, 0.05) is 17.9 Å². The van der Waals surface area contributed by atoms with Gasteiger partial charge in [-0.3, -0.25) is 9.59 Å². The van der Waals surface area contributed by atoms with Crippen LogP contribution in [-0.4, -0.2) is 23.2 Å². The molecule has 2 aromatic rings. The van der Waals surface area contributed by atoms with Gasteiger partial charge >= 0.3 is 0 Å². The topological polar surface area (TPSA) is 67.4 Å². The Morgan fingerprint density at radius 2 is 1.85 bits per heavy atom. The minimum absolute atomic E-state index is 0.125. The number of rotatable bonds is 7. The number of hydrogen-bond donors (Lipinski definition) is 2. The Morgan fingerprint density at radius 3 is 2.63 bits per heavy atom. The zero-order valence-corrected chi connectivity index (χ0v) is 16.3. The van der Waals surface area contributed by atoms with E-state index in [0.717, 1.165) is 21.7 Å². The number of amides is 2. The summed E-state index contributed by atoms with van der Waals surface area (Å²) in [5.41, 5.74) is 2.89. The molecule has 0 spiro atoms. The molecular formula is C21H24N2O3S. The predicted molar refractivity (Wildman–Crippen MR) is 108 cm³/mol. The van der Waals surface area contributed by atoms with Gasteiger partial charge in [-0.2, -0.15) is 0 Å². The minimum atomic E-state index is -0.417. The van der Waals surface area contributed by atoms with E-state index < -0.39 is 5.25 Å². The monoisotopic (exact) mass is 384 g/mol. The summed E-state index contributed by atoms with van der Waals surface area (Å²) in [6, 6.07) is 15.5. The van der Waals surface area contributed by atoms with Gasteiger partial charge in [0.1, 0.15) is 0 Å². The van der Waals surface area contributed by atoms with E-state index in [-0.39, 0.29) is 24.3 Å². The van der Waals surface area contributed by atoms with Gasteiger partial charge in [0.05, 0.1) is 23.6 Å². The van der Waals surface area contributed by atoms with Crippen LogP contribution in [0.25, 0.3) is 0 Å². The molecule has 0 aliphatic carbocycles. The molecule has 1 aliphatic rings. The highest BCUT2D eigenvalue weighted by atomic mass is 32.2. The first kappa shape index (κ1) is 19.5. The van der Waals surface area contributed by atoms with Crippen molar-refractivity contribution in [1.82, 2.24) is 5.32 Å². The van der Waals surface area contributed by atoms with Gasteiger partial charge in [0.2, 0.25) is 11.8 Å². The van der Waals surface area contributed by atoms with E-state index in [1.54, 1.807) is 0 Å². The summed E-state index contributed by atoms with van der Waals surface area (Å²) < 4.78 is 5.68. The lowest BCUT2D eigenvalue weighted by Gasteiger charge is -2.23. The van der Waals surface area contributed by atoms with E-state index in [9.17, 15) is 9.59 Å². The Morgan fingerprint density at radius 1 is 1.15 bits per heavy atom. The van der Waals surface area contributed by atoms with E-state index in [4.69, 9.17) is 4.74 Å². The number of hydrogen-bond acceptors (Lipinski definition) is 4. The number of thioether (sulfide) groups is 1. The van der Waals surface area contributed by atoms with Crippen molar-refractivity contribution in [3.63, 3.8) is 0 Å². The van der Waals surface area contributed by atoms with Gasteiger partial charge in [-0.25, -0.2) is 0 Å². The zero-order chi connectivity index (χ0) is 19.2. The lowest BCUT2D eigenvalue weighted by atomic mass is 10.1. The average molecular weight is 385 g/mol. The molecule has 0 bridgehead atoms. The summed E-state index contributed by atoms with van der Waals surface area (Å²) in [6.45, 7) is 4.93. The summed E-state index contributed by atoms with van der Waals surface area (Å²) in [7, 11) is 0. The normalized spacial score (nSPS) is 16.0. The minimum Gasteiger partial charge on any atom is -0.374 e. The van der Waals surface area contributed by atoms with Crippen molar-refractivity contribution >= 4 is 29.3 Å². The van der Waals surface area contributed by atoms with Gasteiger partial charge in [-0.05, 0) is 37.1 Å². The number of ether oxygens (including phenoxy) is 1. The lowest BCUT2D eigenvalue weighted by molar-refractivity contribution is -0.124. The lowest BCUT2D eigenvalue weighted by Crippen LogP contribution is -2.34. The summed E-state index contributed by atoms with van der Waals surface area (Å²) in [4.78, 5) is 25.6. The third kappa shape index (κ3) is 5.34. The second-order valence-electron chi connectivity index (χ2n) is 6.70. The van der Waals surface area contributed by atoms with Crippen LogP contribution in [0.4, 0.5) is 5.69 Å². The average Bonchev–Trinajstić information content (AvgIpc) is 2.66. The molecule has 5 nitrogen and oxygen atoms in total. The first-order chi connectivity index (χ1) is 13.0. The highest BCUT2D eigenvalue weighted by Crippen LogP contribution is 2.36. The molecule has 0 fully saturated rings. The van der Waals surface area contributed by atoms with Crippen LogP contribution in [0.1, 0.15) is 31.4 Å². The van der Waals surface area contributed by atoms with E-state index >= 15 is 0 Å². The molecule has 0 aromatic heterocycles. The van der Waals surface area contributed by atoms with Crippen LogP contribution in [0.3, 0.4) is 0 Å². The van der Waals surface area contributed by atoms with Gasteiger partial charge in [0.25, 0.3) is 0 Å². The van der Waals surface area contributed by atoms with E-state index in [1.807, 2.05) is 62.4 Å². The molecule has 2 N–H and O–H groups in total. The van der Waals surface area contributed by atoms with Crippen LogP contribution in [-0.2, 0) is 27.5 Å². The van der Waals surface area contributed by atoms with Gasteiger partial charge in [-0.15, -0.1) is 11.8 Å². The zero-order valence-electron chi connectivity index (χ0n) is 15.5. The molecular weight excluding hydrogens is 360 g/mol. The van der Waals surface area contributed by atoms with Gasteiger partial charge in [-0.1, -0.05) is 36.4 Å². The molecule has 2 amide bonds. The van der Waals surface area contributed by atoms with E-state index in [2.05, 4.69) is 10.6 Å². The quantitative estimate of drug-likeness (QED) is 0.763. The molecule has 1 heterocycles. The van der Waals surface area contributed by atoms with Crippen LogP contribution in [0, 0.1) is 0 Å². The Hall–Kier alpha value is -2.31. The van der Waals surface area contributed by atoms with Crippen molar-refractivity contribution < 1.29 is 14.3 Å². The standard InChI is InChI=1S/C21H24N2O3S/c1-14(2)26-13-16-8-4-3-7-15(16)12-22-20(24)11-19-21(25)23-17-9-5-6-10-18(17)27-19/h3-10,14,19H,11-13H2,1-2H3,(H,22,24)(H,23,25). The number of nitrogens with one attached hydrogen (secondary N) is 2. The second kappa shape index (κ2) is 9.06. The Kier molecular flexibility index (Phi) is 6.53. The molecule has 0 radical (unpaired) electrons. The van der Waals surface area contributed by atoms with Crippen molar-refractivity contribution in [3.8, 4) is 0 Å². The Bertz CT molecular complexity index is 823. The molecule has 2 aromatic carbocycles. The highest BCUT2D eigenvalue weighted by molar-refractivity contribution is 8.01. The Labute approximate surface area is 163 Å². The molecule has 142 valence electrons. The van der Waals surface area contributed by atoms with Crippen LogP contribution in [0.5, 0.6) is 0 Å². The number of anilines is 1. The SMILES string of the molecule is CC(C)OCc1ccccc1CNC(=O)CC1Sc2ccccc2NC1=O. The molecule has 27 heavy (non-hydrogen) atoms. The van der Waals surface area contributed by atoms with Crippen molar-refractivity contribution in [3.05, 3.63) is 59.7 Å². The largest absolute Gasteiger partial charge is 0.374 e. The highest BCUT2D eigenvalue weighted by Gasteiger charge is 2.28. The summed E-state index contributed by atoms with van der Waals surface area (Å²) >= 11 is 1.44. The molecule has 1 aliphatic heterocycles. The van der Waals surface area contributed by atoms with Crippen LogP contribution in [0.15, 0.2) is 53.4 Å². The van der Waals surface area contributed by atoms with Crippen LogP contribution < -0.4 is 10.6 Å². The van der Waals surface area contributed by atoms with E-state index in [1.165, 1.54) is 11.8 Å². The molecule has 1 unspecified atom stereocenters. The van der Waals surface area contributed by atoms with Crippen molar-refractivity contribution in [2.75, 3.05) is 5.32 Å². The van der Waals surface area contributed by atoms with Crippen molar-refractivity contribution in [1.29, 1.82) is 0 Å².